The summed E-state index contributed by atoms with van der Waals surface area (Å²) in [6.07, 6.45) is 2.97. The van der Waals surface area contributed by atoms with Crippen molar-refractivity contribution in [3.63, 3.8) is 0 Å². The highest BCUT2D eigenvalue weighted by Crippen LogP contribution is 2.27. The third-order valence-electron chi connectivity index (χ3n) is 3.86. The van der Waals surface area contributed by atoms with E-state index in [9.17, 15) is 0 Å². The van der Waals surface area contributed by atoms with E-state index in [4.69, 9.17) is 11.6 Å². The van der Waals surface area contributed by atoms with E-state index >= 15 is 0 Å². The van der Waals surface area contributed by atoms with Gasteiger partial charge < -0.3 is 5.32 Å². The van der Waals surface area contributed by atoms with E-state index in [0.29, 0.717) is 6.04 Å². The van der Waals surface area contributed by atoms with Crippen molar-refractivity contribution in [2.45, 2.75) is 73.4 Å². The molecule has 0 aromatic carbocycles. The van der Waals surface area contributed by atoms with Crippen LogP contribution in [0.5, 0.6) is 0 Å². The molecule has 0 fully saturated rings. The normalized spacial score (nSPS) is 13.8. The maximum absolute atomic E-state index is 6.48. The van der Waals surface area contributed by atoms with Gasteiger partial charge in [-0.15, -0.1) is 0 Å². The summed E-state index contributed by atoms with van der Waals surface area (Å²) in [6.45, 7) is 15.1. The summed E-state index contributed by atoms with van der Waals surface area (Å²) < 4.78 is 2.06. The van der Waals surface area contributed by atoms with E-state index in [1.165, 1.54) is 5.69 Å². The summed E-state index contributed by atoms with van der Waals surface area (Å²) in [5, 5.41) is 9.07. The average Bonchev–Trinajstić information content (AvgIpc) is 2.69. The number of nitrogens with one attached hydrogen (secondary N) is 1. The zero-order valence-electron chi connectivity index (χ0n) is 13.9. The molecule has 0 amide bonds. The van der Waals surface area contributed by atoms with Gasteiger partial charge in [-0.25, -0.2) is 0 Å². The molecule has 0 bridgehead atoms. The number of hydrogen-bond acceptors (Lipinski definition) is 2. The standard InChI is InChI=1S/C16H30ClN3/c1-7-12-15(17)13(20(9-3)19-12)10-11-14(18-8-2)16(4,5)6/h14,18H,7-11H2,1-6H3. The third-order valence-corrected chi connectivity index (χ3v) is 4.30. The predicted octanol–water partition coefficient (Wildman–Crippen LogP) is 4.08. The van der Waals surface area contributed by atoms with Crippen LogP contribution in [0.25, 0.3) is 0 Å². The summed E-state index contributed by atoms with van der Waals surface area (Å²) in [5.41, 5.74) is 2.48. The number of hydrogen-bond donors (Lipinski definition) is 1. The molecule has 1 aromatic rings. The Balaban J connectivity index is 2.85. The molecule has 0 aliphatic heterocycles. The first-order valence-corrected chi connectivity index (χ1v) is 8.20. The first kappa shape index (κ1) is 17.5. The lowest BCUT2D eigenvalue weighted by atomic mass is 9.83. The third kappa shape index (κ3) is 4.23. The minimum Gasteiger partial charge on any atom is -0.314 e. The van der Waals surface area contributed by atoms with Crippen LogP contribution in [0.1, 0.15) is 59.4 Å². The Morgan fingerprint density at radius 1 is 1.25 bits per heavy atom. The Hall–Kier alpha value is -0.540. The Morgan fingerprint density at radius 2 is 1.90 bits per heavy atom. The molecule has 3 nitrogen and oxygen atoms in total. The second-order valence-corrected chi connectivity index (χ2v) is 6.77. The van der Waals surface area contributed by atoms with Crippen molar-refractivity contribution in [2.24, 2.45) is 5.41 Å². The first-order chi connectivity index (χ1) is 9.35. The lowest BCUT2D eigenvalue weighted by Crippen LogP contribution is -2.40. The largest absolute Gasteiger partial charge is 0.314 e. The Bertz CT molecular complexity index is 418. The van der Waals surface area contributed by atoms with E-state index < -0.39 is 0 Å². The molecule has 1 heterocycles. The van der Waals surface area contributed by atoms with Crippen LogP contribution in [-0.4, -0.2) is 22.4 Å². The lowest BCUT2D eigenvalue weighted by molar-refractivity contribution is 0.257. The summed E-state index contributed by atoms with van der Waals surface area (Å²) in [6, 6.07) is 0.494. The number of nitrogens with zero attached hydrogens (tertiary/aromatic N) is 2. The fourth-order valence-corrected chi connectivity index (χ4v) is 2.99. The number of aromatic nitrogens is 2. The van der Waals surface area contributed by atoms with Gasteiger partial charge in [-0.3, -0.25) is 4.68 Å². The first-order valence-electron chi connectivity index (χ1n) is 7.82. The molecular formula is C16H30ClN3. The molecule has 1 unspecified atom stereocenters. The van der Waals surface area contributed by atoms with Gasteiger partial charge in [0.25, 0.3) is 0 Å². The summed E-state index contributed by atoms with van der Waals surface area (Å²) in [4.78, 5) is 0. The second kappa shape index (κ2) is 7.46. The predicted molar refractivity (Wildman–Crippen MR) is 87.5 cm³/mol. The van der Waals surface area contributed by atoms with Crippen LogP contribution in [-0.2, 0) is 19.4 Å². The minimum absolute atomic E-state index is 0.257. The molecule has 1 aromatic heterocycles. The molecule has 0 spiro atoms. The number of rotatable bonds is 7. The molecule has 0 saturated heterocycles. The zero-order chi connectivity index (χ0) is 15.3. The highest BCUT2D eigenvalue weighted by molar-refractivity contribution is 6.31. The van der Waals surface area contributed by atoms with Crippen molar-refractivity contribution in [3.05, 3.63) is 16.4 Å². The van der Waals surface area contributed by atoms with Crippen molar-refractivity contribution < 1.29 is 0 Å². The van der Waals surface area contributed by atoms with Crippen molar-refractivity contribution in [3.8, 4) is 0 Å². The van der Waals surface area contributed by atoms with Gasteiger partial charge in [-0.05, 0) is 38.1 Å². The van der Waals surface area contributed by atoms with E-state index in [1.807, 2.05) is 0 Å². The molecule has 1 atom stereocenters. The molecule has 1 N–H and O–H groups in total. The highest BCUT2D eigenvalue weighted by atomic mass is 35.5. The molecule has 1 rings (SSSR count). The molecule has 20 heavy (non-hydrogen) atoms. The smallest absolute Gasteiger partial charge is 0.0849 e. The van der Waals surface area contributed by atoms with Crippen LogP contribution in [0.4, 0.5) is 0 Å². The van der Waals surface area contributed by atoms with Crippen LogP contribution in [0.3, 0.4) is 0 Å². The second-order valence-electron chi connectivity index (χ2n) is 6.39. The highest BCUT2D eigenvalue weighted by Gasteiger charge is 2.24. The molecular weight excluding hydrogens is 270 g/mol. The van der Waals surface area contributed by atoms with Crippen molar-refractivity contribution >= 4 is 11.6 Å². The summed E-state index contributed by atoms with van der Waals surface area (Å²) in [5.74, 6) is 0. The van der Waals surface area contributed by atoms with Crippen molar-refractivity contribution in [1.82, 2.24) is 15.1 Å². The number of aryl methyl sites for hydroxylation is 2. The molecule has 116 valence electrons. The number of halogens is 1. The van der Waals surface area contributed by atoms with Gasteiger partial charge in [-0.1, -0.05) is 46.2 Å². The van der Waals surface area contributed by atoms with E-state index in [2.05, 4.69) is 56.6 Å². The maximum Gasteiger partial charge on any atom is 0.0849 e. The van der Waals surface area contributed by atoms with E-state index in [0.717, 1.165) is 43.1 Å². The van der Waals surface area contributed by atoms with Gasteiger partial charge >= 0.3 is 0 Å². The van der Waals surface area contributed by atoms with E-state index in [-0.39, 0.29) is 5.41 Å². The fourth-order valence-electron chi connectivity index (χ4n) is 2.62. The molecule has 0 saturated carbocycles. The summed E-state index contributed by atoms with van der Waals surface area (Å²) in [7, 11) is 0. The monoisotopic (exact) mass is 299 g/mol. The Labute approximate surface area is 129 Å². The van der Waals surface area contributed by atoms with Crippen molar-refractivity contribution in [2.75, 3.05) is 6.54 Å². The van der Waals surface area contributed by atoms with Crippen LogP contribution < -0.4 is 5.32 Å². The van der Waals surface area contributed by atoms with E-state index in [1.54, 1.807) is 0 Å². The van der Waals surface area contributed by atoms with Gasteiger partial charge in [0.1, 0.15) is 0 Å². The van der Waals surface area contributed by atoms with Crippen LogP contribution in [0, 0.1) is 5.41 Å². The van der Waals surface area contributed by atoms with Crippen LogP contribution in [0.15, 0.2) is 0 Å². The fraction of sp³-hybridized carbons (Fsp3) is 0.812. The van der Waals surface area contributed by atoms with Gasteiger partial charge in [0.05, 0.1) is 16.4 Å². The molecule has 4 heteroatoms. The lowest BCUT2D eigenvalue weighted by Gasteiger charge is -2.31. The topological polar surface area (TPSA) is 29.9 Å². The maximum atomic E-state index is 6.48. The molecule has 0 aliphatic carbocycles. The summed E-state index contributed by atoms with van der Waals surface area (Å²) >= 11 is 6.48. The molecule has 0 aliphatic rings. The average molecular weight is 300 g/mol. The van der Waals surface area contributed by atoms with Crippen LogP contribution >= 0.6 is 11.6 Å². The Kier molecular flexibility index (Phi) is 6.53. The molecule has 0 radical (unpaired) electrons. The quantitative estimate of drug-likeness (QED) is 0.822. The van der Waals surface area contributed by atoms with Gasteiger partial charge in [0, 0.05) is 12.6 Å². The SMILES string of the molecule is CCNC(CCc1c(Cl)c(CC)nn1CC)C(C)(C)C. The zero-order valence-corrected chi connectivity index (χ0v) is 14.6. The Morgan fingerprint density at radius 3 is 2.35 bits per heavy atom. The van der Waals surface area contributed by atoms with Gasteiger partial charge in [-0.2, -0.15) is 5.10 Å². The van der Waals surface area contributed by atoms with Crippen LogP contribution in [0.2, 0.25) is 5.02 Å². The van der Waals surface area contributed by atoms with Gasteiger partial charge in [0.15, 0.2) is 0 Å². The van der Waals surface area contributed by atoms with Crippen molar-refractivity contribution in [1.29, 1.82) is 0 Å². The minimum atomic E-state index is 0.257. The van der Waals surface area contributed by atoms with Gasteiger partial charge in [0.2, 0.25) is 0 Å².